The maximum absolute atomic E-state index is 5.76. The standard InChI is InChI=1S/C17H24N2O/c1-2-6-17-15(5-1)16(8-11-20-17)18-13-7-10-19-9-3-4-14(19)12-13/h1-2,5-6,13-14,16,18H,3-4,7-12H2. The van der Waals surface area contributed by atoms with Crippen molar-refractivity contribution >= 4 is 0 Å². The fourth-order valence-electron chi connectivity index (χ4n) is 4.18. The van der Waals surface area contributed by atoms with Crippen molar-refractivity contribution in [3.8, 4) is 5.75 Å². The summed E-state index contributed by atoms with van der Waals surface area (Å²) in [5.41, 5.74) is 1.35. The number of nitrogens with one attached hydrogen (secondary N) is 1. The number of para-hydroxylation sites is 1. The molecule has 3 nitrogen and oxygen atoms in total. The average Bonchev–Trinajstić information content (AvgIpc) is 2.95. The predicted molar refractivity (Wildman–Crippen MR) is 80.0 cm³/mol. The van der Waals surface area contributed by atoms with Crippen LogP contribution in [0.5, 0.6) is 5.75 Å². The van der Waals surface area contributed by atoms with E-state index in [0.29, 0.717) is 12.1 Å². The van der Waals surface area contributed by atoms with Gasteiger partial charge in [-0.15, -0.1) is 0 Å². The van der Waals surface area contributed by atoms with Crippen LogP contribution in [0.3, 0.4) is 0 Å². The highest BCUT2D eigenvalue weighted by Crippen LogP contribution is 2.34. The van der Waals surface area contributed by atoms with Crippen molar-refractivity contribution in [1.29, 1.82) is 0 Å². The number of hydrogen-bond donors (Lipinski definition) is 1. The summed E-state index contributed by atoms with van der Waals surface area (Å²) in [5.74, 6) is 1.08. The van der Waals surface area contributed by atoms with Crippen molar-refractivity contribution in [3.63, 3.8) is 0 Å². The molecule has 0 aromatic heterocycles. The first-order chi connectivity index (χ1) is 9.90. The van der Waals surface area contributed by atoms with Crippen LogP contribution in [0.2, 0.25) is 0 Å². The highest BCUT2D eigenvalue weighted by molar-refractivity contribution is 5.37. The lowest BCUT2D eigenvalue weighted by atomic mass is 9.94. The van der Waals surface area contributed by atoms with E-state index in [1.807, 2.05) is 0 Å². The molecule has 0 spiro atoms. The van der Waals surface area contributed by atoms with E-state index in [4.69, 9.17) is 4.74 Å². The third-order valence-electron chi connectivity index (χ3n) is 5.22. The minimum atomic E-state index is 0.484. The smallest absolute Gasteiger partial charge is 0.124 e. The van der Waals surface area contributed by atoms with E-state index in [-0.39, 0.29) is 0 Å². The minimum Gasteiger partial charge on any atom is -0.493 e. The summed E-state index contributed by atoms with van der Waals surface area (Å²) in [7, 11) is 0. The van der Waals surface area contributed by atoms with Gasteiger partial charge in [-0.05, 0) is 44.8 Å². The van der Waals surface area contributed by atoms with Gasteiger partial charge in [0.2, 0.25) is 0 Å². The third-order valence-corrected chi connectivity index (χ3v) is 5.22. The van der Waals surface area contributed by atoms with E-state index in [0.717, 1.165) is 24.8 Å². The lowest BCUT2D eigenvalue weighted by Gasteiger charge is -2.38. The lowest BCUT2D eigenvalue weighted by Crippen LogP contribution is -2.47. The van der Waals surface area contributed by atoms with Gasteiger partial charge in [0.1, 0.15) is 5.75 Å². The molecule has 20 heavy (non-hydrogen) atoms. The number of hydrogen-bond acceptors (Lipinski definition) is 3. The van der Waals surface area contributed by atoms with Crippen LogP contribution in [-0.4, -0.2) is 36.7 Å². The predicted octanol–water partition coefficient (Wildman–Crippen LogP) is 2.73. The summed E-state index contributed by atoms with van der Waals surface area (Å²) < 4.78 is 5.76. The van der Waals surface area contributed by atoms with Crippen molar-refractivity contribution in [2.45, 2.75) is 50.2 Å². The van der Waals surface area contributed by atoms with Crippen molar-refractivity contribution in [3.05, 3.63) is 29.8 Å². The Hall–Kier alpha value is -1.06. The second-order valence-electron chi connectivity index (χ2n) is 6.45. The molecule has 0 aliphatic carbocycles. The van der Waals surface area contributed by atoms with Crippen LogP contribution in [0, 0.1) is 0 Å². The summed E-state index contributed by atoms with van der Waals surface area (Å²) in [4.78, 5) is 2.69. The second kappa shape index (κ2) is 5.38. The zero-order valence-electron chi connectivity index (χ0n) is 12.1. The quantitative estimate of drug-likeness (QED) is 0.896. The van der Waals surface area contributed by atoms with Crippen LogP contribution in [0.4, 0.5) is 0 Å². The minimum absolute atomic E-state index is 0.484. The first-order valence-electron chi connectivity index (χ1n) is 8.12. The van der Waals surface area contributed by atoms with E-state index in [1.165, 1.54) is 44.3 Å². The van der Waals surface area contributed by atoms with Crippen LogP contribution in [0.25, 0.3) is 0 Å². The summed E-state index contributed by atoms with van der Waals surface area (Å²) in [6, 6.07) is 10.5. The van der Waals surface area contributed by atoms with Gasteiger partial charge in [0.15, 0.2) is 0 Å². The molecule has 2 fully saturated rings. The van der Waals surface area contributed by atoms with Crippen LogP contribution in [0.15, 0.2) is 24.3 Å². The third kappa shape index (κ3) is 2.33. The molecule has 3 heterocycles. The number of nitrogens with zero attached hydrogens (tertiary/aromatic N) is 1. The van der Waals surface area contributed by atoms with Gasteiger partial charge >= 0.3 is 0 Å². The number of ether oxygens (including phenoxy) is 1. The second-order valence-corrected chi connectivity index (χ2v) is 6.45. The molecule has 0 amide bonds. The first kappa shape index (κ1) is 12.7. The number of benzene rings is 1. The zero-order valence-corrected chi connectivity index (χ0v) is 12.1. The molecule has 3 aliphatic rings. The fraction of sp³-hybridized carbons (Fsp3) is 0.647. The van der Waals surface area contributed by atoms with Crippen molar-refractivity contribution in [2.75, 3.05) is 19.7 Å². The molecular weight excluding hydrogens is 248 g/mol. The van der Waals surface area contributed by atoms with Gasteiger partial charge in [-0.2, -0.15) is 0 Å². The van der Waals surface area contributed by atoms with E-state index < -0.39 is 0 Å². The molecule has 1 aromatic carbocycles. The van der Waals surface area contributed by atoms with Crippen LogP contribution >= 0.6 is 0 Å². The van der Waals surface area contributed by atoms with E-state index in [9.17, 15) is 0 Å². The molecule has 3 heteroatoms. The van der Waals surface area contributed by atoms with Crippen molar-refractivity contribution < 1.29 is 4.74 Å². The molecule has 0 bridgehead atoms. The molecule has 4 rings (SSSR count). The van der Waals surface area contributed by atoms with Gasteiger partial charge in [-0.3, -0.25) is 0 Å². The molecule has 2 saturated heterocycles. The summed E-state index contributed by atoms with van der Waals surface area (Å²) >= 11 is 0. The van der Waals surface area contributed by atoms with Crippen LogP contribution in [0.1, 0.15) is 43.7 Å². The van der Waals surface area contributed by atoms with E-state index in [2.05, 4.69) is 34.5 Å². The molecular formula is C17H24N2O. The largest absolute Gasteiger partial charge is 0.493 e. The number of piperidine rings is 1. The number of rotatable bonds is 2. The number of fused-ring (bicyclic) bond motifs is 2. The maximum Gasteiger partial charge on any atom is 0.124 e. The highest BCUT2D eigenvalue weighted by Gasteiger charge is 2.33. The van der Waals surface area contributed by atoms with Gasteiger partial charge in [0, 0.05) is 30.1 Å². The Balaban J connectivity index is 1.45. The Kier molecular flexibility index (Phi) is 3.41. The molecule has 3 aliphatic heterocycles. The first-order valence-corrected chi connectivity index (χ1v) is 8.12. The Labute approximate surface area is 121 Å². The molecule has 3 unspecified atom stereocenters. The Morgan fingerprint density at radius 3 is 3.05 bits per heavy atom. The Morgan fingerprint density at radius 1 is 1.10 bits per heavy atom. The topological polar surface area (TPSA) is 24.5 Å². The SMILES string of the molecule is c1ccc2c(c1)OCCC2NC1CCN2CCCC2C1. The molecule has 0 radical (unpaired) electrons. The zero-order chi connectivity index (χ0) is 13.4. The van der Waals surface area contributed by atoms with Crippen molar-refractivity contribution in [2.24, 2.45) is 0 Å². The molecule has 1 N–H and O–H groups in total. The van der Waals surface area contributed by atoms with Gasteiger partial charge in [-0.1, -0.05) is 18.2 Å². The molecule has 108 valence electrons. The normalized spacial score (nSPS) is 33.3. The maximum atomic E-state index is 5.76. The van der Waals surface area contributed by atoms with Gasteiger partial charge in [-0.25, -0.2) is 0 Å². The van der Waals surface area contributed by atoms with Gasteiger partial charge < -0.3 is 15.0 Å². The fourth-order valence-corrected chi connectivity index (χ4v) is 4.18. The molecule has 0 saturated carbocycles. The van der Waals surface area contributed by atoms with E-state index >= 15 is 0 Å². The van der Waals surface area contributed by atoms with Crippen LogP contribution in [-0.2, 0) is 0 Å². The Morgan fingerprint density at radius 2 is 2.05 bits per heavy atom. The van der Waals surface area contributed by atoms with Crippen molar-refractivity contribution in [1.82, 2.24) is 10.2 Å². The average molecular weight is 272 g/mol. The van der Waals surface area contributed by atoms with Crippen LogP contribution < -0.4 is 10.1 Å². The lowest BCUT2D eigenvalue weighted by molar-refractivity contribution is 0.152. The summed E-state index contributed by atoms with van der Waals surface area (Å²) in [5, 5.41) is 3.92. The highest BCUT2D eigenvalue weighted by atomic mass is 16.5. The van der Waals surface area contributed by atoms with E-state index in [1.54, 1.807) is 0 Å². The van der Waals surface area contributed by atoms with Gasteiger partial charge in [0.05, 0.1) is 6.61 Å². The monoisotopic (exact) mass is 272 g/mol. The Bertz CT molecular complexity index is 476. The van der Waals surface area contributed by atoms with Gasteiger partial charge in [0.25, 0.3) is 0 Å². The summed E-state index contributed by atoms with van der Waals surface area (Å²) in [6.07, 6.45) is 6.54. The molecule has 3 atom stereocenters. The summed E-state index contributed by atoms with van der Waals surface area (Å²) in [6.45, 7) is 3.46. The molecule has 1 aromatic rings.